The largest absolute Gasteiger partial charge is 0.476 e. The number of aromatic nitrogens is 1. The number of carboxylic acids is 1. The van der Waals surface area contributed by atoms with E-state index in [9.17, 15) is 4.79 Å². The molecule has 0 unspecified atom stereocenters. The van der Waals surface area contributed by atoms with Crippen molar-refractivity contribution in [2.75, 3.05) is 0 Å². The standard InChI is InChI=1S/C9H11Cl2NO2Si.C3H4/c1-15(2,3)6-4-5(10)7(11)8(12-6)9(13)14;1-3-2/h4H,1-3H3,(H,13,14);1H,2H3. The maximum absolute atomic E-state index is 10.9. The van der Waals surface area contributed by atoms with Gasteiger partial charge in [-0.05, 0) is 13.0 Å². The van der Waals surface area contributed by atoms with Crippen LogP contribution in [0.25, 0.3) is 0 Å². The second-order valence-electron chi connectivity index (χ2n) is 4.50. The maximum Gasteiger partial charge on any atom is 0.356 e. The van der Waals surface area contributed by atoms with Crippen molar-refractivity contribution in [3.05, 3.63) is 21.8 Å². The Hall–Kier alpha value is -1.02. The summed E-state index contributed by atoms with van der Waals surface area (Å²) in [7, 11) is -1.68. The van der Waals surface area contributed by atoms with Crippen LogP contribution in [0.15, 0.2) is 6.07 Å². The molecule has 0 spiro atoms. The van der Waals surface area contributed by atoms with Gasteiger partial charge in [-0.1, -0.05) is 42.8 Å². The number of hydrogen-bond acceptors (Lipinski definition) is 2. The first kappa shape index (κ1) is 17.0. The zero-order valence-electron chi connectivity index (χ0n) is 10.7. The molecule has 0 radical (unpaired) electrons. The van der Waals surface area contributed by atoms with Gasteiger partial charge in [0, 0.05) is 5.32 Å². The van der Waals surface area contributed by atoms with Gasteiger partial charge < -0.3 is 5.11 Å². The molecule has 0 aromatic carbocycles. The van der Waals surface area contributed by atoms with Crippen LogP contribution in [0.5, 0.6) is 0 Å². The summed E-state index contributed by atoms with van der Waals surface area (Å²) in [6.07, 6.45) is 4.60. The summed E-state index contributed by atoms with van der Waals surface area (Å²) in [4.78, 5) is 14.9. The number of hydrogen-bond donors (Lipinski definition) is 1. The van der Waals surface area contributed by atoms with E-state index in [0.717, 1.165) is 5.32 Å². The lowest BCUT2D eigenvalue weighted by Crippen LogP contribution is -2.40. The molecule has 1 heterocycles. The van der Waals surface area contributed by atoms with Gasteiger partial charge in [0.1, 0.15) is 8.07 Å². The highest BCUT2D eigenvalue weighted by molar-refractivity contribution is 6.88. The fraction of sp³-hybridized carbons (Fsp3) is 0.333. The predicted molar refractivity (Wildman–Crippen MR) is 78.7 cm³/mol. The maximum atomic E-state index is 10.9. The molecular weight excluding hydrogens is 289 g/mol. The number of halogens is 2. The summed E-state index contributed by atoms with van der Waals surface area (Å²) >= 11 is 11.6. The predicted octanol–water partition coefficient (Wildman–Crippen LogP) is 3.27. The van der Waals surface area contributed by atoms with Gasteiger partial charge in [-0.3, -0.25) is 0 Å². The Morgan fingerprint density at radius 3 is 2.22 bits per heavy atom. The van der Waals surface area contributed by atoms with Gasteiger partial charge in [0.2, 0.25) is 0 Å². The Morgan fingerprint density at radius 1 is 1.44 bits per heavy atom. The Bertz CT molecular complexity index is 490. The van der Waals surface area contributed by atoms with Gasteiger partial charge in [-0.25, -0.2) is 9.78 Å². The van der Waals surface area contributed by atoms with E-state index < -0.39 is 14.0 Å². The monoisotopic (exact) mass is 303 g/mol. The minimum atomic E-state index is -1.68. The smallest absolute Gasteiger partial charge is 0.356 e. The normalized spacial score (nSPS) is 10.1. The van der Waals surface area contributed by atoms with Gasteiger partial charge in [0.15, 0.2) is 5.69 Å². The van der Waals surface area contributed by atoms with E-state index in [4.69, 9.17) is 28.3 Å². The number of terminal acetylenes is 1. The highest BCUT2D eigenvalue weighted by Gasteiger charge is 2.23. The Kier molecular flexibility index (Phi) is 6.40. The molecule has 1 N–H and O–H groups in total. The van der Waals surface area contributed by atoms with Crippen molar-refractivity contribution in [1.82, 2.24) is 4.98 Å². The second-order valence-corrected chi connectivity index (χ2v) is 10.3. The van der Waals surface area contributed by atoms with Crippen LogP contribution in [0.1, 0.15) is 17.4 Å². The molecule has 1 aromatic heterocycles. The first-order valence-corrected chi connectivity index (χ1v) is 9.37. The number of nitrogens with zero attached hydrogens (tertiary/aromatic N) is 1. The summed E-state index contributed by atoms with van der Waals surface area (Å²) < 4.78 is 0. The van der Waals surface area contributed by atoms with Gasteiger partial charge in [-0.2, -0.15) is 0 Å². The van der Waals surface area contributed by atoms with Crippen LogP contribution in [-0.4, -0.2) is 24.1 Å². The molecule has 3 nitrogen and oxygen atoms in total. The van der Waals surface area contributed by atoms with Crippen molar-refractivity contribution >= 4 is 42.6 Å². The van der Waals surface area contributed by atoms with Gasteiger partial charge in [-0.15, -0.1) is 12.3 Å². The molecule has 6 heteroatoms. The second kappa shape index (κ2) is 6.79. The van der Waals surface area contributed by atoms with E-state index in [0.29, 0.717) is 0 Å². The third-order valence-corrected chi connectivity index (χ3v) is 4.45. The Labute approximate surface area is 118 Å². The van der Waals surface area contributed by atoms with Crippen molar-refractivity contribution in [1.29, 1.82) is 0 Å². The van der Waals surface area contributed by atoms with E-state index in [1.165, 1.54) is 0 Å². The van der Waals surface area contributed by atoms with Gasteiger partial charge >= 0.3 is 5.97 Å². The molecule has 0 amide bonds. The van der Waals surface area contributed by atoms with Crippen LogP contribution in [0.3, 0.4) is 0 Å². The number of carbonyl (C=O) groups is 1. The van der Waals surface area contributed by atoms with Gasteiger partial charge in [0.05, 0.1) is 10.0 Å². The quantitative estimate of drug-likeness (QED) is 0.674. The van der Waals surface area contributed by atoms with E-state index in [1.54, 1.807) is 13.0 Å². The highest BCUT2D eigenvalue weighted by Crippen LogP contribution is 2.24. The van der Waals surface area contributed by atoms with E-state index in [-0.39, 0.29) is 15.7 Å². The van der Waals surface area contributed by atoms with E-state index >= 15 is 0 Å². The fourth-order valence-corrected chi connectivity index (χ4v) is 2.51. The Morgan fingerprint density at radius 2 is 1.89 bits per heavy atom. The van der Waals surface area contributed by atoms with Crippen molar-refractivity contribution in [2.45, 2.75) is 26.6 Å². The van der Waals surface area contributed by atoms with Crippen LogP contribution in [0.2, 0.25) is 29.7 Å². The summed E-state index contributed by atoms with van der Waals surface area (Å²) in [5, 5.41) is 9.89. The van der Waals surface area contributed by atoms with Crippen LogP contribution < -0.4 is 5.32 Å². The van der Waals surface area contributed by atoms with Crippen molar-refractivity contribution < 1.29 is 9.90 Å². The zero-order valence-corrected chi connectivity index (χ0v) is 13.2. The minimum absolute atomic E-state index is 0.00571. The van der Waals surface area contributed by atoms with Crippen LogP contribution in [0.4, 0.5) is 0 Å². The zero-order chi connectivity index (χ0) is 14.5. The first-order valence-electron chi connectivity index (χ1n) is 5.12. The van der Waals surface area contributed by atoms with Gasteiger partial charge in [0.25, 0.3) is 0 Å². The third kappa shape index (κ3) is 4.69. The first-order chi connectivity index (χ1) is 8.15. The number of rotatable bonds is 2. The summed E-state index contributed by atoms with van der Waals surface area (Å²) in [6.45, 7) is 7.83. The lowest BCUT2D eigenvalue weighted by Gasteiger charge is -2.16. The van der Waals surface area contributed by atoms with Crippen molar-refractivity contribution in [3.63, 3.8) is 0 Å². The molecule has 1 aromatic rings. The molecule has 0 fully saturated rings. The number of carboxylic acid groups (broad SMARTS) is 1. The molecule has 0 atom stereocenters. The SMILES string of the molecule is C#CC.C[Si](C)(C)c1cc(Cl)c(Cl)c(C(=O)O)n1. The van der Waals surface area contributed by atoms with Crippen LogP contribution in [0, 0.1) is 12.3 Å². The molecule has 0 aliphatic carbocycles. The number of pyridine rings is 1. The molecule has 0 saturated heterocycles. The molecule has 0 aliphatic heterocycles. The summed E-state index contributed by atoms with van der Waals surface area (Å²) in [5.41, 5.74) is -0.165. The van der Waals surface area contributed by atoms with Crippen molar-refractivity contribution in [2.24, 2.45) is 0 Å². The molecule has 18 heavy (non-hydrogen) atoms. The molecule has 1 rings (SSSR count). The van der Waals surface area contributed by atoms with Crippen molar-refractivity contribution in [3.8, 4) is 12.3 Å². The minimum Gasteiger partial charge on any atom is -0.476 e. The summed E-state index contributed by atoms with van der Waals surface area (Å²) in [6, 6.07) is 1.66. The molecular formula is C12H15Cl2NO2Si. The highest BCUT2D eigenvalue weighted by atomic mass is 35.5. The molecule has 0 saturated carbocycles. The average Bonchev–Trinajstić information content (AvgIpc) is 2.20. The molecule has 0 aliphatic rings. The lowest BCUT2D eigenvalue weighted by atomic mass is 10.3. The molecule has 0 bridgehead atoms. The van der Waals surface area contributed by atoms with E-state index in [1.807, 2.05) is 0 Å². The summed E-state index contributed by atoms with van der Waals surface area (Å²) in [5.74, 6) is 1.10. The Balaban J connectivity index is 0.000000873. The van der Waals surface area contributed by atoms with Crippen LogP contribution >= 0.6 is 23.2 Å². The van der Waals surface area contributed by atoms with Crippen LogP contribution in [-0.2, 0) is 0 Å². The lowest BCUT2D eigenvalue weighted by molar-refractivity contribution is 0.0691. The topological polar surface area (TPSA) is 50.2 Å². The average molecular weight is 304 g/mol. The third-order valence-electron chi connectivity index (χ3n) is 1.88. The van der Waals surface area contributed by atoms with E-state index in [2.05, 4.69) is 37.0 Å². The molecule has 98 valence electrons. The fourth-order valence-electron chi connectivity index (χ4n) is 1.02. The number of aromatic carboxylic acids is 1.